The predicted octanol–water partition coefficient (Wildman–Crippen LogP) is 3.04. The maximum absolute atomic E-state index is 12.5. The van der Waals surface area contributed by atoms with Gasteiger partial charge in [-0.3, -0.25) is 10.1 Å². The number of hydrogen-bond donors (Lipinski definition) is 3. The van der Waals surface area contributed by atoms with E-state index in [1.54, 1.807) is 0 Å². The van der Waals surface area contributed by atoms with Gasteiger partial charge in [0.2, 0.25) is 15.9 Å². The van der Waals surface area contributed by atoms with Gasteiger partial charge in [0, 0.05) is 11.7 Å². The summed E-state index contributed by atoms with van der Waals surface area (Å²) >= 11 is 0. The summed E-state index contributed by atoms with van der Waals surface area (Å²) in [5, 5.41) is 11.3. The first kappa shape index (κ1) is 21.1. The van der Waals surface area contributed by atoms with Crippen LogP contribution in [0.25, 0.3) is 0 Å². The molecule has 2 aromatic carbocycles. The second-order valence-electron chi connectivity index (χ2n) is 7.04. The van der Waals surface area contributed by atoms with Crippen molar-refractivity contribution < 1.29 is 13.2 Å². The number of anilines is 1. The first-order valence-corrected chi connectivity index (χ1v) is 10.5. The highest BCUT2D eigenvalue weighted by Crippen LogP contribution is 2.22. The molecule has 0 aromatic heterocycles. The molecule has 2 atom stereocenters. The third-order valence-electron chi connectivity index (χ3n) is 4.20. The average molecular weight is 390 g/mol. The summed E-state index contributed by atoms with van der Waals surface area (Å²) in [6.07, 6.45) is 0.907. The average Bonchev–Trinajstić information content (AvgIpc) is 2.61. The fourth-order valence-corrected chi connectivity index (χ4v) is 3.33. The van der Waals surface area contributed by atoms with E-state index in [-0.39, 0.29) is 16.8 Å². The van der Waals surface area contributed by atoms with Crippen LogP contribution < -0.4 is 15.8 Å². The highest BCUT2D eigenvalue weighted by Gasteiger charge is 2.20. The van der Waals surface area contributed by atoms with E-state index in [1.165, 1.54) is 24.3 Å². The number of sulfonamides is 1. The molecule has 0 spiro atoms. The van der Waals surface area contributed by atoms with Gasteiger partial charge >= 0.3 is 0 Å². The van der Waals surface area contributed by atoms with E-state index < -0.39 is 16.1 Å². The van der Waals surface area contributed by atoms with E-state index in [4.69, 9.17) is 5.14 Å². The maximum atomic E-state index is 12.5. The Balaban J connectivity index is 2.04. The minimum absolute atomic E-state index is 0.00717. The largest absolute Gasteiger partial charge is 0.325 e. The Morgan fingerprint density at radius 1 is 1.00 bits per heavy atom. The molecule has 0 fully saturated rings. The zero-order valence-electron chi connectivity index (χ0n) is 15.8. The molecule has 0 unspecified atom stereocenters. The van der Waals surface area contributed by atoms with Crippen LogP contribution in [0, 0.1) is 5.92 Å². The van der Waals surface area contributed by atoms with E-state index in [1.807, 2.05) is 25.1 Å². The van der Waals surface area contributed by atoms with Crippen molar-refractivity contribution in [1.82, 2.24) is 5.32 Å². The number of nitrogens with one attached hydrogen (secondary N) is 2. The van der Waals surface area contributed by atoms with Crippen LogP contribution in [0.1, 0.15) is 38.8 Å². The normalized spacial score (nSPS) is 14.0. The standard InChI is InChI=1S/C20H27N3O3S/c1-14(2)13-19(16-7-5-4-6-8-16)22-15(3)20(24)23-17-9-11-18(12-10-17)27(21,25)26/h4-12,14-15,19,22H,13H2,1-3H3,(H,23,24)(H2,21,25,26)/t15-,19+/m0/s1. The zero-order chi connectivity index (χ0) is 20.0. The van der Waals surface area contributed by atoms with Crippen LogP contribution in [-0.4, -0.2) is 20.4 Å². The highest BCUT2D eigenvalue weighted by molar-refractivity contribution is 7.89. The van der Waals surface area contributed by atoms with Crippen LogP contribution in [0.3, 0.4) is 0 Å². The molecule has 0 aliphatic heterocycles. The molecule has 0 saturated carbocycles. The molecular formula is C20H27N3O3S. The summed E-state index contributed by atoms with van der Waals surface area (Å²) in [5.74, 6) is 0.284. The van der Waals surface area contributed by atoms with Crippen molar-refractivity contribution in [2.24, 2.45) is 11.1 Å². The van der Waals surface area contributed by atoms with Crippen molar-refractivity contribution in [3.8, 4) is 0 Å². The zero-order valence-corrected chi connectivity index (χ0v) is 16.7. The molecule has 4 N–H and O–H groups in total. The molecule has 0 radical (unpaired) electrons. The third kappa shape index (κ3) is 6.46. The van der Waals surface area contributed by atoms with E-state index >= 15 is 0 Å². The molecule has 2 rings (SSSR count). The van der Waals surface area contributed by atoms with E-state index in [9.17, 15) is 13.2 Å². The van der Waals surface area contributed by atoms with Crippen molar-refractivity contribution in [2.75, 3.05) is 5.32 Å². The molecule has 7 heteroatoms. The van der Waals surface area contributed by atoms with Crippen LogP contribution in [-0.2, 0) is 14.8 Å². The van der Waals surface area contributed by atoms with Crippen LogP contribution in [0.4, 0.5) is 5.69 Å². The third-order valence-corrected chi connectivity index (χ3v) is 5.13. The summed E-state index contributed by atoms with van der Waals surface area (Å²) in [7, 11) is -3.75. The van der Waals surface area contributed by atoms with Gasteiger partial charge in [-0.05, 0) is 49.1 Å². The van der Waals surface area contributed by atoms with Crippen LogP contribution >= 0.6 is 0 Å². The van der Waals surface area contributed by atoms with Crippen molar-refractivity contribution in [1.29, 1.82) is 0 Å². The topological polar surface area (TPSA) is 101 Å². The number of carbonyl (C=O) groups is 1. The second-order valence-corrected chi connectivity index (χ2v) is 8.60. The summed E-state index contributed by atoms with van der Waals surface area (Å²) in [6, 6.07) is 15.5. The van der Waals surface area contributed by atoms with Gasteiger partial charge in [0.15, 0.2) is 0 Å². The lowest BCUT2D eigenvalue weighted by atomic mass is 9.96. The number of hydrogen-bond acceptors (Lipinski definition) is 4. The van der Waals surface area contributed by atoms with Gasteiger partial charge in [-0.25, -0.2) is 13.6 Å². The number of amides is 1. The first-order valence-electron chi connectivity index (χ1n) is 8.91. The summed E-state index contributed by atoms with van der Waals surface area (Å²) in [6.45, 7) is 6.11. The fourth-order valence-electron chi connectivity index (χ4n) is 2.81. The van der Waals surface area contributed by atoms with Crippen molar-refractivity contribution in [2.45, 2.75) is 44.2 Å². The second kappa shape index (κ2) is 9.12. The fraction of sp³-hybridized carbons (Fsp3) is 0.350. The van der Waals surface area contributed by atoms with Gasteiger partial charge in [-0.1, -0.05) is 44.2 Å². The van der Waals surface area contributed by atoms with Gasteiger partial charge in [0.25, 0.3) is 0 Å². The van der Waals surface area contributed by atoms with Crippen molar-refractivity contribution in [3.05, 3.63) is 60.2 Å². The van der Waals surface area contributed by atoms with Crippen molar-refractivity contribution >= 4 is 21.6 Å². The molecule has 6 nitrogen and oxygen atoms in total. The van der Waals surface area contributed by atoms with Crippen LogP contribution in [0.15, 0.2) is 59.5 Å². The Hall–Kier alpha value is -2.22. The molecular weight excluding hydrogens is 362 g/mol. The molecule has 0 heterocycles. The maximum Gasteiger partial charge on any atom is 0.241 e. The summed E-state index contributed by atoms with van der Waals surface area (Å²) in [4.78, 5) is 12.5. The summed E-state index contributed by atoms with van der Waals surface area (Å²) in [5.41, 5.74) is 1.66. The Kier molecular flexibility index (Phi) is 7.12. The van der Waals surface area contributed by atoms with E-state index in [0.29, 0.717) is 11.6 Å². The lowest BCUT2D eigenvalue weighted by molar-refractivity contribution is -0.118. The lowest BCUT2D eigenvalue weighted by Crippen LogP contribution is -2.40. The van der Waals surface area contributed by atoms with E-state index in [2.05, 4.69) is 36.6 Å². The monoisotopic (exact) mass is 389 g/mol. The molecule has 2 aromatic rings. The smallest absolute Gasteiger partial charge is 0.241 e. The molecule has 1 amide bonds. The number of rotatable bonds is 8. The van der Waals surface area contributed by atoms with Gasteiger partial charge in [0.1, 0.15) is 0 Å². The molecule has 146 valence electrons. The molecule has 0 bridgehead atoms. The van der Waals surface area contributed by atoms with Crippen molar-refractivity contribution in [3.63, 3.8) is 0 Å². The Morgan fingerprint density at radius 2 is 1.59 bits per heavy atom. The minimum Gasteiger partial charge on any atom is -0.325 e. The van der Waals surface area contributed by atoms with E-state index in [0.717, 1.165) is 12.0 Å². The Labute approximate surface area is 161 Å². The molecule has 0 aliphatic rings. The SMILES string of the molecule is CC(C)C[C@@H](N[C@@H](C)C(=O)Nc1ccc(S(N)(=O)=O)cc1)c1ccccc1. The Bertz CT molecular complexity index is 850. The van der Waals surface area contributed by atoms with Gasteiger partial charge < -0.3 is 5.32 Å². The Morgan fingerprint density at radius 3 is 2.11 bits per heavy atom. The number of carbonyl (C=O) groups excluding carboxylic acids is 1. The number of benzene rings is 2. The van der Waals surface area contributed by atoms with Crippen LogP contribution in [0.2, 0.25) is 0 Å². The van der Waals surface area contributed by atoms with Crippen LogP contribution in [0.5, 0.6) is 0 Å². The highest BCUT2D eigenvalue weighted by atomic mass is 32.2. The first-order chi connectivity index (χ1) is 12.7. The minimum atomic E-state index is -3.75. The van der Waals surface area contributed by atoms with Gasteiger partial charge in [0.05, 0.1) is 10.9 Å². The predicted molar refractivity (Wildman–Crippen MR) is 108 cm³/mol. The molecule has 0 saturated heterocycles. The number of primary sulfonamides is 1. The summed E-state index contributed by atoms with van der Waals surface area (Å²) < 4.78 is 22.6. The lowest BCUT2D eigenvalue weighted by Gasteiger charge is -2.25. The molecule has 0 aliphatic carbocycles. The molecule has 27 heavy (non-hydrogen) atoms. The number of nitrogens with two attached hydrogens (primary N) is 1. The quantitative estimate of drug-likeness (QED) is 0.646. The van der Waals surface area contributed by atoms with Gasteiger partial charge in [-0.15, -0.1) is 0 Å². The van der Waals surface area contributed by atoms with Gasteiger partial charge in [-0.2, -0.15) is 0 Å².